The number of pyridine rings is 1. The molecule has 2 N–H and O–H groups in total. The van der Waals surface area contributed by atoms with Gasteiger partial charge in [0.1, 0.15) is 18.0 Å². The standard InChI is InChI=1S/C21H24N4O2/c1-15-4-9-20-23-18(13-25(20)12-15)14-27-19-7-5-16(6-8-19)21(26)24-17-3-2-10-22-11-17/h4-9,12-13,17,22H,2-3,10-11,14H2,1H3,(H,24,26)/t17-/m0/s1. The van der Waals surface area contributed by atoms with E-state index in [1.54, 1.807) is 12.1 Å². The van der Waals surface area contributed by atoms with Crippen LogP contribution in [0, 0.1) is 6.92 Å². The summed E-state index contributed by atoms with van der Waals surface area (Å²) in [5, 5.41) is 6.38. The van der Waals surface area contributed by atoms with Gasteiger partial charge in [-0.1, -0.05) is 6.07 Å². The number of carbonyl (C=O) groups is 1. The Morgan fingerprint density at radius 1 is 1.26 bits per heavy atom. The van der Waals surface area contributed by atoms with Gasteiger partial charge >= 0.3 is 0 Å². The number of rotatable bonds is 5. The van der Waals surface area contributed by atoms with Crippen LogP contribution in [0.1, 0.15) is 34.5 Å². The van der Waals surface area contributed by atoms with Crippen LogP contribution in [0.15, 0.2) is 48.8 Å². The molecule has 2 aromatic heterocycles. The van der Waals surface area contributed by atoms with Crippen LogP contribution in [0.25, 0.3) is 5.65 Å². The fourth-order valence-electron chi connectivity index (χ4n) is 3.33. The molecule has 27 heavy (non-hydrogen) atoms. The summed E-state index contributed by atoms with van der Waals surface area (Å²) in [5.74, 6) is 0.685. The molecule has 3 heterocycles. The molecule has 6 heteroatoms. The Balaban J connectivity index is 1.34. The number of nitrogens with zero attached hydrogens (tertiary/aromatic N) is 2. The molecule has 0 bridgehead atoms. The van der Waals surface area contributed by atoms with E-state index in [9.17, 15) is 4.79 Å². The molecular formula is C21H24N4O2. The number of imidazole rings is 1. The van der Waals surface area contributed by atoms with Crippen molar-refractivity contribution in [3.8, 4) is 5.75 Å². The summed E-state index contributed by atoms with van der Waals surface area (Å²) in [6, 6.07) is 11.5. The van der Waals surface area contributed by atoms with E-state index in [1.165, 1.54) is 5.56 Å². The predicted molar refractivity (Wildman–Crippen MR) is 104 cm³/mol. The maximum absolute atomic E-state index is 12.3. The van der Waals surface area contributed by atoms with Crippen LogP contribution in [-0.2, 0) is 6.61 Å². The minimum absolute atomic E-state index is 0.0361. The van der Waals surface area contributed by atoms with Crippen molar-refractivity contribution in [3.63, 3.8) is 0 Å². The number of aromatic nitrogens is 2. The number of benzene rings is 1. The minimum Gasteiger partial charge on any atom is -0.487 e. The Hall–Kier alpha value is -2.86. The Morgan fingerprint density at radius 3 is 2.89 bits per heavy atom. The van der Waals surface area contributed by atoms with Gasteiger partial charge in [-0.05, 0) is 62.2 Å². The van der Waals surface area contributed by atoms with Gasteiger partial charge in [-0.25, -0.2) is 4.98 Å². The second-order valence-electron chi connectivity index (χ2n) is 7.03. The second-order valence-corrected chi connectivity index (χ2v) is 7.03. The number of piperidine rings is 1. The summed E-state index contributed by atoms with van der Waals surface area (Å²) in [4.78, 5) is 16.9. The van der Waals surface area contributed by atoms with Crippen LogP contribution in [0.3, 0.4) is 0 Å². The molecule has 1 atom stereocenters. The highest BCUT2D eigenvalue weighted by molar-refractivity contribution is 5.94. The molecule has 1 aliphatic heterocycles. The summed E-state index contributed by atoms with van der Waals surface area (Å²) < 4.78 is 7.82. The number of hydrogen-bond acceptors (Lipinski definition) is 4. The number of carbonyl (C=O) groups excluding carboxylic acids is 1. The molecule has 3 aromatic rings. The van der Waals surface area contributed by atoms with Crippen LogP contribution in [0.4, 0.5) is 0 Å². The van der Waals surface area contributed by atoms with Crippen molar-refractivity contribution in [2.24, 2.45) is 0 Å². The maximum atomic E-state index is 12.3. The zero-order valence-corrected chi connectivity index (χ0v) is 15.4. The number of nitrogens with one attached hydrogen (secondary N) is 2. The lowest BCUT2D eigenvalue weighted by atomic mass is 10.1. The summed E-state index contributed by atoms with van der Waals surface area (Å²) in [7, 11) is 0. The van der Waals surface area contributed by atoms with Crippen LogP contribution < -0.4 is 15.4 Å². The molecule has 140 valence electrons. The molecule has 0 aliphatic carbocycles. The molecule has 1 amide bonds. The number of hydrogen-bond donors (Lipinski definition) is 2. The van der Waals surface area contributed by atoms with Crippen molar-refractivity contribution < 1.29 is 9.53 Å². The van der Waals surface area contributed by atoms with Gasteiger partial charge < -0.3 is 19.8 Å². The van der Waals surface area contributed by atoms with Crippen molar-refractivity contribution in [1.82, 2.24) is 20.0 Å². The third-order valence-electron chi connectivity index (χ3n) is 4.78. The van der Waals surface area contributed by atoms with E-state index in [4.69, 9.17) is 4.74 Å². The van der Waals surface area contributed by atoms with Crippen LogP contribution in [0.5, 0.6) is 5.75 Å². The van der Waals surface area contributed by atoms with E-state index in [2.05, 4.69) is 22.5 Å². The van der Waals surface area contributed by atoms with E-state index in [0.29, 0.717) is 12.2 Å². The number of ether oxygens (including phenoxy) is 1. The molecule has 0 spiro atoms. The Morgan fingerprint density at radius 2 is 2.11 bits per heavy atom. The Labute approximate surface area is 158 Å². The molecule has 1 fully saturated rings. The monoisotopic (exact) mass is 364 g/mol. The molecule has 0 radical (unpaired) electrons. The summed E-state index contributed by atoms with van der Waals surface area (Å²) in [6.07, 6.45) is 6.14. The molecule has 1 saturated heterocycles. The Bertz CT molecular complexity index is 927. The SMILES string of the molecule is Cc1ccc2nc(COc3ccc(C(=O)N[C@H]4CCCNC4)cc3)cn2c1. The van der Waals surface area contributed by atoms with Gasteiger partial charge in [-0.15, -0.1) is 0 Å². The topological polar surface area (TPSA) is 67.7 Å². The molecule has 4 rings (SSSR count). The van der Waals surface area contributed by atoms with Gasteiger partial charge in [0.2, 0.25) is 0 Å². The van der Waals surface area contributed by atoms with Gasteiger partial charge in [0.05, 0.1) is 5.69 Å². The zero-order chi connectivity index (χ0) is 18.6. The van der Waals surface area contributed by atoms with Crippen molar-refractivity contribution >= 4 is 11.6 Å². The van der Waals surface area contributed by atoms with Crippen LogP contribution in [-0.4, -0.2) is 34.4 Å². The van der Waals surface area contributed by atoms with Crippen LogP contribution in [0.2, 0.25) is 0 Å². The molecule has 1 aromatic carbocycles. The first-order valence-electron chi connectivity index (χ1n) is 9.36. The van der Waals surface area contributed by atoms with Gasteiger partial charge in [0, 0.05) is 30.5 Å². The van der Waals surface area contributed by atoms with Crippen molar-refractivity contribution in [2.45, 2.75) is 32.4 Å². The fourth-order valence-corrected chi connectivity index (χ4v) is 3.33. The maximum Gasteiger partial charge on any atom is 0.251 e. The first-order chi connectivity index (χ1) is 13.2. The minimum atomic E-state index is -0.0361. The van der Waals surface area contributed by atoms with E-state index in [0.717, 1.165) is 43.0 Å². The van der Waals surface area contributed by atoms with Gasteiger partial charge in [-0.3, -0.25) is 4.79 Å². The average Bonchev–Trinajstić information content (AvgIpc) is 3.09. The highest BCUT2D eigenvalue weighted by Crippen LogP contribution is 2.15. The van der Waals surface area contributed by atoms with Gasteiger partial charge in [0.25, 0.3) is 5.91 Å². The first-order valence-corrected chi connectivity index (χ1v) is 9.36. The highest BCUT2D eigenvalue weighted by Gasteiger charge is 2.16. The quantitative estimate of drug-likeness (QED) is 0.730. The number of amides is 1. The lowest BCUT2D eigenvalue weighted by Gasteiger charge is -2.23. The van der Waals surface area contributed by atoms with E-state index in [-0.39, 0.29) is 11.9 Å². The Kier molecular flexibility index (Phi) is 5.07. The predicted octanol–water partition coefficient (Wildman–Crippen LogP) is 2.70. The first kappa shape index (κ1) is 17.5. The summed E-state index contributed by atoms with van der Waals surface area (Å²) in [6.45, 7) is 4.31. The molecule has 1 aliphatic rings. The van der Waals surface area contributed by atoms with E-state index < -0.39 is 0 Å². The second kappa shape index (κ2) is 7.80. The fraction of sp³-hybridized carbons (Fsp3) is 0.333. The molecule has 6 nitrogen and oxygen atoms in total. The lowest BCUT2D eigenvalue weighted by Crippen LogP contribution is -2.45. The van der Waals surface area contributed by atoms with Gasteiger partial charge in [0.15, 0.2) is 0 Å². The largest absolute Gasteiger partial charge is 0.487 e. The molecule has 0 saturated carbocycles. The van der Waals surface area contributed by atoms with Gasteiger partial charge in [-0.2, -0.15) is 0 Å². The van der Waals surface area contributed by atoms with E-state index in [1.807, 2.05) is 41.1 Å². The highest BCUT2D eigenvalue weighted by atomic mass is 16.5. The van der Waals surface area contributed by atoms with Crippen molar-refractivity contribution in [1.29, 1.82) is 0 Å². The van der Waals surface area contributed by atoms with Crippen molar-refractivity contribution in [2.75, 3.05) is 13.1 Å². The van der Waals surface area contributed by atoms with E-state index >= 15 is 0 Å². The average molecular weight is 364 g/mol. The number of aryl methyl sites for hydroxylation is 1. The third-order valence-corrected chi connectivity index (χ3v) is 4.78. The normalized spacial score (nSPS) is 17.0. The van der Waals surface area contributed by atoms with Crippen molar-refractivity contribution in [3.05, 3.63) is 65.6 Å². The zero-order valence-electron chi connectivity index (χ0n) is 15.4. The summed E-state index contributed by atoms with van der Waals surface area (Å²) in [5.41, 5.74) is 3.61. The third kappa shape index (κ3) is 4.28. The van der Waals surface area contributed by atoms with Crippen LogP contribution >= 0.6 is 0 Å². The lowest BCUT2D eigenvalue weighted by molar-refractivity contribution is 0.0930. The summed E-state index contributed by atoms with van der Waals surface area (Å²) >= 11 is 0. The molecule has 0 unspecified atom stereocenters. The molecular weight excluding hydrogens is 340 g/mol. The smallest absolute Gasteiger partial charge is 0.251 e. The number of fused-ring (bicyclic) bond motifs is 1.